The summed E-state index contributed by atoms with van der Waals surface area (Å²) in [5.41, 5.74) is 0.753. The van der Waals surface area contributed by atoms with E-state index in [1.54, 1.807) is 24.3 Å². The number of carbonyl (C=O) groups is 2. The van der Waals surface area contributed by atoms with Crippen LogP contribution in [0, 0.1) is 10.1 Å². The first-order chi connectivity index (χ1) is 11.5. The van der Waals surface area contributed by atoms with Gasteiger partial charge in [0.1, 0.15) is 0 Å². The van der Waals surface area contributed by atoms with Crippen LogP contribution in [0.2, 0.25) is 0 Å². The number of non-ortho nitro benzene ring substituents is 1. The zero-order valence-electron chi connectivity index (χ0n) is 12.6. The number of hydrogen-bond donors (Lipinski definition) is 1. The smallest absolute Gasteiger partial charge is 0.278 e. The maximum Gasteiger partial charge on any atom is 0.278 e. The van der Waals surface area contributed by atoms with E-state index < -0.39 is 16.7 Å². The number of hydrogen-bond acceptors (Lipinski definition) is 5. The van der Waals surface area contributed by atoms with Crippen molar-refractivity contribution < 1.29 is 14.5 Å². The van der Waals surface area contributed by atoms with Crippen LogP contribution in [-0.4, -0.2) is 33.6 Å². The summed E-state index contributed by atoms with van der Waals surface area (Å²) in [5, 5.41) is 17.8. The van der Waals surface area contributed by atoms with Gasteiger partial charge in [-0.25, -0.2) is 0 Å². The number of benzene rings is 2. The van der Waals surface area contributed by atoms with Gasteiger partial charge in [0, 0.05) is 30.1 Å². The van der Waals surface area contributed by atoms with Gasteiger partial charge >= 0.3 is 0 Å². The van der Waals surface area contributed by atoms with Gasteiger partial charge in [-0.15, -0.1) is 0 Å². The summed E-state index contributed by atoms with van der Waals surface area (Å²) in [6, 6.07) is 12.1. The molecule has 2 aromatic carbocycles. The minimum atomic E-state index is -0.540. The Morgan fingerprint density at radius 3 is 2.42 bits per heavy atom. The van der Waals surface area contributed by atoms with Crippen LogP contribution in [0.1, 0.15) is 20.8 Å². The molecular weight excluding hydrogens is 312 g/mol. The standard InChI is InChI=1S/C16H12N4O4/c1-17-15(21)14-12-4-2-3-5-13(12)19(18-14)16(22)10-6-8-11(9-7-10)20(23)24/h2-9H,1H3,(H,17,21). The van der Waals surface area contributed by atoms with E-state index in [1.165, 1.54) is 31.3 Å². The minimum absolute atomic E-state index is 0.108. The number of nitrogens with one attached hydrogen (secondary N) is 1. The van der Waals surface area contributed by atoms with Gasteiger partial charge < -0.3 is 5.32 Å². The number of nitro benzene ring substituents is 1. The molecule has 0 saturated heterocycles. The summed E-state index contributed by atoms with van der Waals surface area (Å²) < 4.78 is 1.13. The molecule has 0 aliphatic rings. The normalized spacial score (nSPS) is 10.5. The zero-order chi connectivity index (χ0) is 17.3. The van der Waals surface area contributed by atoms with Gasteiger partial charge in [-0.05, 0) is 18.2 Å². The highest BCUT2D eigenvalue weighted by Crippen LogP contribution is 2.20. The molecule has 1 N–H and O–H groups in total. The monoisotopic (exact) mass is 324 g/mol. The van der Waals surface area contributed by atoms with Crippen LogP contribution in [-0.2, 0) is 0 Å². The SMILES string of the molecule is CNC(=O)c1nn(C(=O)c2ccc([N+](=O)[O-])cc2)c2ccccc12. The molecule has 0 fully saturated rings. The van der Waals surface area contributed by atoms with Crippen molar-refractivity contribution in [2.45, 2.75) is 0 Å². The van der Waals surface area contributed by atoms with E-state index in [2.05, 4.69) is 10.4 Å². The lowest BCUT2D eigenvalue weighted by molar-refractivity contribution is -0.384. The third-order valence-electron chi connectivity index (χ3n) is 3.55. The van der Waals surface area contributed by atoms with Gasteiger partial charge in [0.05, 0.1) is 10.4 Å². The molecule has 1 heterocycles. The van der Waals surface area contributed by atoms with Crippen molar-refractivity contribution in [2.24, 2.45) is 0 Å². The molecule has 24 heavy (non-hydrogen) atoms. The molecule has 0 radical (unpaired) electrons. The Hall–Kier alpha value is -3.55. The number of carbonyl (C=O) groups excluding carboxylic acids is 2. The van der Waals surface area contributed by atoms with E-state index in [1.807, 2.05) is 0 Å². The van der Waals surface area contributed by atoms with Crippen LogP contribution >= 0.6 is 0 Å². The summed E-state index contributed by atoms with van der Waals surface area (Å²) in [6.07, 6.45) is 0. The van der Waals surface area contributed by atoms with Crippen molar-refractivity contribution in [3.63, 3.8) is 0 Å². The first-order valence-electron chi connectivity index (χ1n) is 7.02. The van der Waals surface area contributed by atoms with E-state index in [4.69, 9.17) is 0 Å². The van der Waals surface area contributed by atoms with E-state index >= 15 is 0 Å². The Morgan fingerprint density at radius 2 is 1.79 bits per heavy atom. The maximum atomic E-state index is 12.7. The lowest BCUT2D eigenvalue weighted by Crippen LogP contribution is -2.20. The van der Waals surface area contributed by atoms with Crippen molar-refractivity contribution >= 4 is 28.4 Å². The molecule has 8 heteroatoms. The predicted molar refractivity (Wildman–Crippen MR) is 85.9 cm³/mol. The number of nitro groups is 1. The Labute approximate surface area is 135 Å². The van der Waals surface area contributed by atoms with Crippen LogP contribution in [0.25, 0.3) is 10.9 Å². The Bertz CT molecular complexity index is 960. The van der Waals surface area contributed by atoms with E-state index in [0.29, 0.717) is 10.9 Å². The number of nitrogens with zero attached hydrogens (tertiary/aromatic N) is 3. The van der Waals surface area contributed by atoms with Crippen molar-refractivity contribution in [3.8, 4) is 0 Å². The molecular formula is C16H12N4O4. The number of para-hydroxylation sites is 1. The van der Waals surface area contributed by atoms with Crippen LogP contribution in [0.4, 0.5) is 5.69 Å². The van der Waals surface area contributed by atoms with Crippen LogP contribution < -0.4 is 5.32 Å². The molecule has 8 nitrogen and oxygen atoms in total. The quantitative estimate of drug-likeness (QED) is 0.585. The lowest BCUT2D eigenvalue weighted by atomic mass is 10.2. The molecule has 3 rings (SSSR count). The average molecular weight is 324 g/mol. The highest BCUT2D eigenvalue weighted by atomic mass is 16.6. The molecule has 120 valence electrons. The largest absolute Gasteiger partial charge is 0.354 e. The average Bonchev–Trinajstić information content (AvgIpc) is 3.00. The molecule has 0 aliphatic carbocycles. The molecule has 1 aromatic heterocycles. The number of rotatable bonds is 3. The molecule has 0 aliphatic heterocycles. The van der Waals surface area contributed by atoms with Crippen LogP contribution in [0.15, 0.2) is 48.5 Å². The van der Waals surface area contributed by atoms with Gasteiger partial charge in [-0.2, -0.15) is 9.78 Å². The van der Waals surface area contributed by atoms with Crippen LogP contribution in [0.3, 0.4) is 0 Å². The van der Waals surface area contributed by atoms with Gasteiger partial charge in [0.2, 0.25) is 0 Å². The maximum absolute atomic E-state index is 12.7. The fourth-order valence-electron chi connectivity index (χ4n) is 2.36. The van der Waals surface area contributed by atoms with E-state index in [9.17, 15) is 19.7 Å². The number of aromatic nitrogens is 2. The molecule has 1 amide bonds. The molecule has 0 saturated carbocycles. The van der Waals surface area contributed by atoms with E-state index in [-0.39, 0.29) is 16.9 Å². The molecule has 0 bridgehead atoms. The van der Waals surface area contributed by atoms with Gasteiger partial charge in [0.25, 0.3) is 17.5 Å². The Morgan fingerprint density at radius 1 is 1.12 bits per heavy atom. The third-order valence-corrected chi connectivity index (χ3v) is 3.55. The second kappa shape index (κ2) is 5.92. The summed E-state index contributed by atoms with van der Waals surface area (Å²) in [6.45, 7) is 0. The highest BCUT2D eigenvalue weighted by Gasteiger charge is 2.20. The summed E-state index contributed by atoms with van der Waals surface area (Å²) in [4.78, 5) is 34.8. The van der Waals surface area contributed by atoms with Crippen molar-refractivity contribution in [1.29, 1.82) is 0 Å². The predicted octanol–water partition coefficient (Wildman–Crippen LogP) is 1.99. The topological polar surface area (TPSA) is 107 Å². The zero-order valence-corrected chi connectivity index (χ0v) is 12.6. The van der Waals surface area contributed by atoms with Gasteiger partial charge in [-0.1, -0.05) is 18.2 Å². The molecule has 0 spiro atoms. The Kier molecular flexibility index (Phi) is 3.78. The van der Waals surface area contributed by atoms with Crippen LogP contribution in [0.5, 0.6) is 0 Å². The second-order valence-corrected chi connectivity index (χ2v) is 4.97. The first-order valence-corrected chi connectivity index (χ1v) is 7.02. The molecule has 0 unspecified atom stereocenters. The molecule has 3 aromatic rings. The van der Waals surface area contributed by atoms with Gasteiger partial charge in [0.15, 0.2) is 5.69 Å². The minimum Gasteiger partial charge on any atom is -0.354 e. The lowest BCUT2D eigenvalue weighted by Gasteiger charge is -2.02. The van der Waals surface area contributed by atoms with Crippen molar-refractivity contribution in [3.05, 3.63) is 69.9 Å². The first kappa shape index (κ1) is 15.3. The molecule has 0 atom stereocenters. The summed E-state index contributed by atoms with van der Waals surface area (Å²) in [7, 11) is 1.48. The second-order valence-electron chi connectivity index (χ2n) is 4.97. The van der Waals surface area contributed by atoms with Crippen molar-refractivity contribution in [2.75, 3.05) is 7.05 Å². The fraction of sp³-hybridized carbons (Fsp3) is 0.0625. The Balaban J connectivity index is 2.10. The summed E-state index contributed by atoms with van der Waals surface area (Å²) >= 11 is 0. The third kappa shape index (κ3) is 2.50. The summed E-state index contributed by atoms with van der Waals surface area (Å²) in [5.74, 6) is -0.877. The fourth-order valence-corrected chi connectivity index (χ4v) is 2.36. The number of fused-ring (bicyclic) bond motifs is 1. The van der Waals surface area contributed by atoms with Crippen molar-refractivity contribution in [1.82, 2.24) is 15.1 Å². The number of amides is 1. The highest BCUT2D eigenvalue weighted by molar-refractivity contribution is 6.09. The van der Waals surface area contributed by atoms with E-state index in [0.717, 1.165) is 4.68 Å². The van der Waals surface area contributed by atoms with Gasteiger partial charge in [-0.3, -0.25) is 19.7 Å².